The normalized spacial score (nSPS) is 18.6. The van der Waals surface area contributed by atoms with Crippen LogP contribution in [0.4, 0.5) is 0 Å². The minimum atomic E-state index is 0. The third-order valence-electron chi connectivity index (χ3n) is 3.34. The first-order valence-electron chi connectivity index (χ1n) is 5.75. The first-order chi connectivity index (χ1) is 7.68. The second kappa shape index (κ2) is 6.07. The number of nitrogens with two attached hydrogens (primary N) is 1. The molecule has 1 saturated heterocycles. The quantitative estimate of drug-likeness (QED) is 0.881. The molecule has 0 bridgehead atoms. The lowest BCUT2D eigenvalue weighted by Gasteiger charge is -2.33. The third kappa shape index (κ3) is 3.23. The number of rotatable bonds is 2. The van der Waals surface area contributed by atoms with Gasteiger partial charge in [0.15, 0.2) is 0 Å². The molecule has 1 fully saturated rings. The molecular weight excluding hydrogens is 240 g/mol. The maximum atomic E-state index is 12.0. The summed E-state index contributed by atoms with van der Waals surface area (Å²) in [6.07, 6.45) is 5.03. The van der Waals surface area contributed by atoms with E-state index in [0.29, 0.717) is 11.5 Å². The maximum absolute atomic E-state index is 12.0. The van der Waals surface area contributed by atoms with E-state index >= 15 is 0 Å². The monoisotopic (exact) mass is 258 g/mol. The summed E-state index contributed by atoms with van der Waals surface area (Å²) in [7, 11) is 0. The number of halogens is 1. The van der Waals surface area contributed by atoms with Gasteiger partial charge in [0.2, 0.25) is 0 Å². The predicted molar refractivity (Wildman–Crippen MR) is 68.2 cm³/mol. The number of furan rings is 1. The van der Waals surface area contributed by atoms with Crippen molar-refractivity contribution >= 4 is 18.3 Å². The van der Waals surface area contributed by atoms with E-state index in [4.69, 9.17) is 10.2 Å². The van der Waals surface area contributed by atoms with Gasteiger partial charge in [-0.3, -0.25) is 4.79 Å². The van der Waals surface area contributed by atoms with Crippen molar-refractivity contribution in [1.82, 2.24) is 4.90 Å². The molecule has 4 nitrogen and oxygen atoms in total. The number of piperidine rings is 1. The van der Waals surface area contributed by atoms with Crippen LogP contribution in [-0.2, 0) is 0 Å². The molecule has 1 aromatic rings. The molecule has 1 atom stereocenters. The number of hydrogen-bond acceptors (Lipinski definition) is 3. The van der Waals surface area contributed by atoms with Crippen LogP contribution >= 0.6 is 12.4 Å². The first kappa shape index (κ1) is 14.1. The van der Waals surface area contributed by atoms with Crippen LogP contribution < -0.4 is 5.73 Å². The van der Waals surface area contributed by atoms with Gasteiger partial charge in [-0.25, -0.2) is 0 Å². The molecule has 96 valence electrons. The maximum Gasteiger partial charge on any atom is 0.257 e. The van der Waals surface area contributed by atoms with Gasteiger partial charge >= 0.3 is 0 Å². The van der Waals surface area contributed by atoms with Crippen molar-refractivity contribution in [2.75, 3.05) is 13.1 Å². The zero-order valence-electron chi connectivity index (χ0n) is 9.96. The van der Waals surface area contributed by atoms with Crippen molar-refractivity contribution in [1.29, 1.82) is 0 Å². The van der Waals surface area contributed by atoms with Crippen molar-refractivity contribution in [2.45, 2.75) is 25.8 Å². The number of nitrogens with zero attached hydrogens (tertiary/aromatic N) is 1. The van der Waals surface area contributed by atoms with Gasteiger partial charge in [0, 0.05) is 19.1 Å². The average Bonchev–Trinajstić information content (AvgIpc) is 2.81. The van der Waals surface area contributed by atoms with E-state index in [-0.39, 0.29) is 24.4 Å². The van der Waals surface area contributed by atoms with Gasteiger partial charge in [-0.2, -0.15) is 0 Å². The lowest BCUT2D eigenvalue weighted by Crippen LogP contribution is -2.42. The minimum absolute atomic E-state index is 0. The highest BCUT2D eigenvalue weighted by atomic mass is 35.5. The van der Waals surface area contributed by atoms with E-state index in [1.165, 1.54) is 12.5 Å². The van der Waals surface area contributed by atoms with Crippen LogP contribution in [0.2, 0.25) is 0 Å². The second-order valence-electron chi connectivity index (χ2n) is 4.50. The van der Waals surface area contributed by atoms with E-state index in [1.807, 2.05) is 11.8 Å². The van der Waals surface area contributed by atoms with Gasteiger partial charge in [0.05, 0.1) is 11.8 Å². The lowest BCUT2D eigenvalue weighted by molar-refractivity contribution is 0.0680. The average molecular weight is 259 g/mol. The van der Waals surface area contributed by atoms with Gasteiger partial charge in [0.1, 0.15) is 6.26 Å². The molecule has 0 aromatic carbocycles. The van der Waals surface area contributed by atoms with Gasteiger partial charge < -0.3 is 15.1 Å². The van der Waals surface area contributed by atoms with Crippen LogP contribution in [0.15, 0.2) is 23.0 Å². The number of likely N-dealkylation sites (tertiary alicyclic amines) is 1. The summed E-state index contributed by atoms with van der Waals surface area (Å²) in [6.45, 7) is 3.64. The molecule has 1 amide bonds. The molecule has 1 unspecified atom stereocenters. The molecule has 1 aromatic heterocycles. The smallest absolute Gasteiger partial charge is 0.257 e. The molecule has 2 N–H and O–H groups in total. The van der Waals surface area contributed by atoms with Crippen LogP contribution in [0, 0.1) is 5.92 Å². The molecule has 17 heavy (non-hydrogen) atoms. The Morgan fingerprint density at radius 3 is 2.65 bits per heavy atom. The predicted octanol–water partition coefficient (Wildman–Crippen LogP) is 1.90. The highest BCUT2D eigenvalue weighted by molar-refractivity contribution is 5.93. The van der Waals surface area contributed by atoms with Gasteiger partial charge in [-0.1, -0.05) is 0 Å². The van der Waals surface area contributed by atoms with E-state index in [1.54, 1.807) is 6.07 Å². The van der Waals surface area contributed by atoms with Crippen LogP contribution in [0.1, 0.15) is 30.1 Å². The summed E-state index contributed by atoms with van der Waals surface area (Å²) < 4.78 is 4.92. The second-order valence-corrected chi connectivity index (χ2v) is 4.50. The minimum Gasteiger partial charge on any atom is -0.472 e. The topological polar surface area (TPSA) is 59.5 Å². The molecule has 0 saturated carbocycles. The standard InChI is InChI=1S/C12H18N2O2.ClH/c1-9(13)10-2-5-14(6-3-10)12(15)11-4-7-16-8-11;/h4,7-10H,2-3,5-6,13H2,1H3;1H. The molecule has 2 heterocycles. The van der Waals surface area contributed by atoms with E-state index in [2.05, 4.69) is 0 Å². The number of carbonyl (C=O) groups is 1. The number of carbonyl (C=O) groups excluding carboxylic acids is 1. The van der Waals surface area contributed by atoms with Gasteiger partial charge in [-0.15, -0.1) is 12.4 Å². The number of amides is 1. The zero-order chi connectivity index (χ0) is 11.5. The molecule has 2 rings (SSSR count). The van der Waals surface area contributed by atoms with Crippen LogP contribution in [0.25, 0.3) is 0 Å². The van der Waals surface area contributed by atoms with Crippen molar-refractivity contribution in [3.05, 3.63) is 24.2 Å². The third-order valence-corrected chi connectivity index (χ3v) is 3.34. The van der Waals surface area contributed by atoms with Crippen molar-refractivity contribution in [2.24, 2.45) is 11.7 Å². The fourth-order valence-corrected chi connectivity index (χ4v) is 2.20. The van der Waals surface area contributed by atoms with Crippen molar-refractivity contribution in [3.8, 4) is 0 Å². The fourth-order valence-electron chi connectivity index (χ4n) is 2.20. The van der Waals surface area contributed by atoms with E-state index in [0.717, 1.165) is 25.9 Å². The summed E-state index contributed by atoms with van der Waals surface area (Å²) in [5.41, 5.74) is 6.50. The molecule has 5 heteroatoms. The molecule has 1 aliphatic rings. The molecular formula is C12H19ClN2O2. The Balaban J connectivity index is 0.00000144. The summed E-state index contributed by atoms with van der Waals surface area (Å²) in [4.78, 5) is 13.9. The van der Waals surface area contributed by atoms with Gasteiger partial charge in [-0.05, 0) is 31.7 Å². The van der Waals surface area contributed by atoms with Gasteiger partial charge in [0.25, 0.3) is 5.91 Å². The highest BCUT2D eigenvalue weighted by Crippen LogP contribution is 2.21. The first-order valence-corrected chi connectivity index (χ1v) is 5.75. The van der Waals surface area contributed by atoms with Crippen LogP contribution in [0.3, 0.4) is 0 Å². The lowest BCUT2D eigenvalue weighted by atomic mass is 9.91. The summed E-state index contributed by atoms with van der Waals surface area (Å²) in [5, 5.41) is 0. The Labute approximate surface area is 108 Å². The molecule has 0 radical (unpaired) electrons. The molecule has 1 aliphatic heterocycles. The molecule has 0 aliphatic carbocycles. The van der Waals surface area contributed by atoms with Crippen molar-refractivity contribution in [3.63, 3.8) is 0 Å². The summed E-state index contributed by atoms with van der Waals surface area (Å²) in [6, 6.07) is 1.94. The van der Waals surface area contributed by atoms with E-state index in [9.17, 15) is 4.79 Å². The summed E-state index contributed by atoms with van der Waals surface area (Å²) in [5.74, 6) is 0.616. The Morgan fingerprint density at radius 2 is 2.18 bits per heavy atom. The summed E-state index contributed by atoms with van der Waals surface area (Å²) >= 11 is 0. The zero-order valence-corrected chi connectivity index (χ0v) is 10.8. The Bertz CT molecular complexity index is 343. The van der Waals surface area contributed by atoms with E-state index < -0.39 is 0 Å². The van der Waals surface area contributed by atoms with Crippen LogP contribution in [0.5, 0.6) is 0 Å². The number of hydrogen-bond donors (Lipinski definition) is 1. The fraction of sp³-hybridized carbons (Fsp3) is 0.583. The largest absolute Gasteiger partial charge is 0.472 e. The molecule has 0 spiro atoms. The Kier molecular flexibility index (Phi) is 5.02. The van der Waals surface area contributed by atoms with Crippen LogP contribution in [-0.4, -0.2) is 29.9 Å². The SMILES string of the molecule is CC(N)C1CCN(C(=O)c2ccoc2)CC1.Cl. The Hall–Kier alpha value is -1.00. The highest BCUT2D eigenvalue weighted by Gasteiger charge is 2.25. The Morgan fingerprint density at radius 1 is 1.53 bits per heavy atom. The van der Waals surface area contributed by atoms with Crippen molar-refractivity contribution < 1.29 is 9.21 Å².